The van der Waals surface area contributed by atoms with E-state index in [-0.39, 0.29) is 6.42 Å². The summed E-state index contributed by atoms with van der Waals surface area (Å²) >= 11 is 0. The Balaban J connectivity index is 5.97. The van der Waals surface area contributed by atoms with E-state index >= 15 is 0 Å². The van der Waals surface area contributed by atoms with Crippen molar-refractivity contribution >= 4 is 22.1 Å². The summed E-state index contributed by atoms with van der Waals surface area (Å²) in [5, 5.41) is -6.27. The standard InChI is InChI=1S/C13H14F8O8S/c1-3-5-27-9(23)11(12(17,18)19,29-8(22)7(2)14)28-6-4-10(15,16)13(20,21)30(24,25)26/h2-6H2,1H3,(H,24,25,26)/p-1. The number of hydrogen-bond donors (Lipinski definition) is 0. The molecule has 30 heavy (non-hydrogen) atoms. The Bertz CT molecular complexity index is 764. The van der Waals surface area contributed by atoms with E-state index in [0.29, 0.717) is 0 Å². The number of rotatable bonds is 11. The molecule has 1 unspecified atom stereocenters. The van der Waals surface area contributed by atoms with Crippen LogP contribution in [0.3, 0.4) is 0 Å². The van der Waals surface area contributed by atoms with Crippen LogP contribution in [0.1, 0.15) is 19.8 Å². The average molecular weight is 481 g/mol. The van der Waals surface area contributed by atoms with Gasteiger partial charge in [-0.2, -0.15) is 35.1 Å². The summed E-state index contributed by atoms with van der Waals surface area (Å²) in [6.45, 7) is 0.597. The first-order valence-electron chi connectivity index (χ1n) is 7.43. The van der Waals surface area contributed by atoms with Gasteiger partial charge in [-0.05, 0) is 6.42 Å². The van der Waals surface area contributed by atoms with Crippen LogP contribution in [0.25, 0.3) is 0 Å². The molecule has 0 aromatic rings. The first kappa shape index (κ1) is 28.0. The van der Waals surface area contributed by atoms with Gasteiger partial charge in [-0.1, -0.05) is 13.5 Å². The zero-order valence-electron chi connectivity index (χ0n) is 14.7. The molecule has 0 rings (SSSR count). The van der Waals surface area contributed by atoms with E-state index in [4.69, 9.17) is 0 Å². The first-order valence-corrected chi connectivity index (χ1v) is 8.84. The molecule has 0 heterocycles. The molecule has 0 spiro atoms. The molecular formula is C13H13F8O8S-. The number of halogens is 8. The van der Waals surface area contributed by atoms with Crippen molar-refractivity contribution in [2.75, 3.05) is 13.2 Å². The zero-order valence-corrected chi connectivity index (χ0v) is 15.5. The quantitative estimate of drug-likeness (QED) is 0.145. The molecule has 0 fully saturated rings. The monoisotopic (exact) mass is 481 g/mol. The van der Waals surface area contributed by atoms with Gasteiger partial charge in [0.2, 0.25) is 5.83 Å². The van der Waals surface area contributed by atoms with Crippen molar-refractivity contribution in [2.24, 2.45) is 0 Å². The minimum atomic E-state index is -6.96. The van der Waals surface area contributed by atoms with Gasteiger partial charge in [-0.15, -0.1) is 0 Å². The summed E-state index contributed by atoms with van der Waals surface area (Å²) in [4.78, 5) is 22.9. The fourth-order valence-electron chi connectivity index (χ4n) is 1.51. The van der Waals surface area contributed by atoms with Crippen LogP contribution >= 0.6 is 0 Å². The van der Waals surface area contributed by atoms with Gasteiger partial charge in [0, 0.05) is 6.42 Å². The minimum Gasteiger partial charge on any atom is -0.743 e. The molecule has 0 saturated heterocycles. The summed E-state index contributed by atoms with van der Waals surface area (Å²) in [5.41, 5.74) is 0. The maximum absolute atomic E-state index is 13.4. The lowest BCUT2D eigenvalue weighted by molar-refractivity contribution is -0.357. The molecular weight excluding hydrogens is 468 g/mol. The van der Waals surface area contributed by atoms with Crippen LogP contribution < -0.4 is 0 Å². The maximum atomic E-state index is 13.4. The van der Waals surface area contributed by atoms with Gasteiger partial charge in [-0.3, -0.25) is 0 Å². The Morgan fingerprint density at radius 2 is 1.53 bits per heavy atom. The highest BCUT2D eigenvalue weighted by atomic mass is 32.2. The first-order chi connectivity index (χ1) is 13.3. The molecule has 0 amide bonds. The van der Waals surface area contributed by atoms with Gasteiger partial charge < -0.3 is 18.8 Å². The second-order valence-electron chi connectivity index (χ2n) is 5.32. The van der Waals surface area contributed by atoms with Gasteiger partial charge in [0.1, 0.15) is 0 Å². The number of esters is 2. The van der Waals surface area contributed by atoms with Crippen LogP contribution in [-0.4, -0.2) is 61.3 Å². The highest BCUT2D eigenvalue weighted by Gasteiger charge is 2.69. The molecule has 0 radical (unpaired) electrons. The van der Waals surface area contributed by atoms with E-state index in [1.54, 1.807) is 0 Å². The zero-order chi connectivity index (χ0) is 24.2. The topological polar surface area (TPSA) is 119 Å². The van der Waals surface area contributed by atoms with Gasteiger partial charge in [0.25, 0.3) is 0 Å². The average Bonchev–Trinajstić information content (AvgIpc) is 2.55. The van der Waals surface area contributed by atoms with E-state index in [9.17, 15) is 57.7 Å². The molecule has 0 aromatic carbocycles. The van der Waals surface area contributed by atoms with Crippen LogP contribution in [0.2, 0.25) is 0 Å². The van der Waals surface area contributed by atoms with Gasteiger partial charge in [0.15, 0.2) is 10.1 Å². The Morgan fingerprint density at radius 1 is 1.03 bits per heavy atom. The smallest absolute Gasteiger partial charge is 0.468 e. The molecule has 17 heteroatoms. The third-order valence-corrected chi connectivity index (χ3v) is 3.92. The Kier molecular flexibility index (Phi) is 8.79. The van der Waals surface area contributed by atoms with Crippen molar-refractivity contribution in [1.29, 1.82) is 0 Å². The minimum absolute atomic E-state index is 0.102. The third-order valence-electron chi connectivity index (χ3n) is 3.00. The van der Waals surface area contributed by atoms with Crippen LogP contribution in [-0.2, 0) is 33.9 Å². The molecule has 0 saturated carbocycles. The number of alkyl halides is 7. The van der Waals surface area contributed by atoms with Gasteiger partial charge >= 0.3 is 35.1 Å². The van der Waals surface area contributed by atoms with Crippen molar-refractivity contribution in [3.05, 3.63) is 12.4 Å². The van der Waals surface area contributed by atoms with E-state index in [2.05, 4.69) is 20.8 Å². The molecule has 0 bridgehead atoms. The Morgan fingerprint density at radius 3 is 1.90 bits per heavy atom. The molecule has 1 atom stereocenters. The van der Waals surface area contributed by atoms with Crippen LogP contribution in [0.4, 0.5) is 35.1 Å². The molecule has 0 aliphatic carbocycles. The Labute approximate surface area is 163 Å². The second kappa shape index (κ2) is 9.42. The molecule has 0 aromatic heterocycles. The maximum Gasteiger partial charge on any atom is 0.468 e. The summed E-state index contributed by atoms with van der Waals surface area (Å²) < 4.78 is 148. The fraction of sp³-hybridized carbons (Fsp3) is 0.692. The van der Waals surface area contributed by atoms with Crippen molar-refractivity contribution in [2.45, 2.75) is 42.9 Å². The Hall–Kier alpha value is -2.01. The largest absolute Gasteiger partial charge is 0.743 e. The predicted molar refractivity (Wildman–Crippen MR) is 76.5 cm³/mol. The van der Waals surface area contributed by atoms with Gasteiger partial charge in [0.05, 0.1) is 13.2 Å². The van der Waals surface area contributed by atoms with E-state index in [0.717, 1.165) is 0 Å². The third kappa shape index (κ3) is 6.00. The number of hydrogen-bond acceptors (Lipinski definition) is 8. The highest BCUT2D eigenvalue weighted by Crippen LogP contribution is 2.42. The number of carbonyl (C=O) groups excluding carboxylic acids is 2. The predicted octanol–water partition coefficient (Wildman–Crippen LogP) is 2.40. The summed E-state index contributed by atoms with van der Waals surface area (Å²) in [6.07, 6.45) is -8.80. The van der Waals surface area contributed by atoms with Crippen molar-refractivity contribution in [3.8, 4) is 0 Å². The SMILES string of the molecule is C=C(F)C(=O)OC(OCCC(F)(F)C(F)(F)S(=O)(=O)[O-])(C(=O)OCCC)C(F)(F)F. The number of ether oxygens (including phenoxy) is 3. The number of carbonyl (C=O) groups is 2. The lowest BCUT2D eigenvalue weighted by atomic mass is 10.2. The molecule has 0 N–H and O–H groups in total. The van der Waals surface area contributed by atoms with Crippen LogP contribution in [0, 0.1) is 0 Å². The summed E-state index contributed by atoms with van der Waals surface area (Å²) in [7, 11) is -6.96. The van der Waals surface area contributed by atoms with Crippen molar-refractivity contribution in [3.63, 3.8) is 0 Å². The molecule has 8 nitrogen and oxygen atoms in total. The molecule has 0 aliphatic heterocycles. The van der Waals surface area contributed by atoms with Gasteiger partial charge in [-0.25, -0.2) is 18.0 Å². The normalized spacial score (nSPS) is 15.3. The molecule has 176 valence electrons. The highest BCUT2D eigenvalue weighted by molar-refractivity contribution is 7.86. The summed E-state index contributed by atoms with van der Waals surface area (Å²) in [6, 6.07) is 0. The van der Waals surface area contributed by atoms with Crippen LogP contribution in [0.15, 0.2) is 12.4 Å². The lowest BCUT2D eigenvalue weighted by Gasteiger charge is -2.33. The van der Waals surface area contributed by atoms with Crippen molar-refractivity contribution < 1.29 is 71.9 Å². The van der Waals surface area contributed by atoms with Crippen molar-refractivity contribution in [1.82, 2.24) is 0 Å². The van der Waals surface area contributed by atoms with E-state index in [1.807, 2.05) is 0 Å². The van der Waals surface area contributed by atoms with Crippen LogP contribution in [0.5, 0.6) is 0 Å². The van der Waals surface area contributed by atoms with E-state index < -0.39 is 70.7 Å². The fourth-order valence-corrected chi connectivity index (χ4v) is 1.98. The second-order valence-corrected chi connectivity index (χ2v) is 6.74. The summed E-state index contributed by atoms with van der Waals surface area (Å²) in [5.74, 6) is -18.0. The lowest BCUT2D eigenvalue weighted by Crippen LogP contribution is -2.59. The van der Waals surface area contributed by atoms with E-state index in [1.165, 1.54) is 6.92 Å². The molecule has 0 aliphatic rings.